The Bertz CT molecular complexity index is 979. The van der Waals surface area contributed by atoms with E-state index in [0.29, 0.717) is 12.2 Å². The number of hydrogen-bond acceptors (Lipinski definition) is 4. The third-order valence-electron chi connectivity index (χ3n) is 4.78. The largest absolute Gasteiger partial charge is 0.323 e. The average molecular weight is 350 g/mol. The fourth-order valence-corrected chi connectivity index (χ4v) is 3.40. The summed E-state index contributed by atoms with van der Waals surface area (Å²) in [6, 6.07) is 11.9. The first kappa shape index (κ1) is 16.5. The van der Waals surface area contributed by atoms with E-state index < -0.39 is 0 Å². The van der Waals surface area contributed by atoms with E-state index in [1.165, 1.54) is 11.1 Å². The highest BCUT2D eigenvalue weighted by atomic mass is 16.2. The zero-order valence-corrected chi connectivity index (χ0v) is 15.2. The fourth-order valence-electron chi connectivity index (χ4n) is 3.40. The van der Waals surface area contributed by atoms with Crippen molar-refractivity contribution in [3.05, 3.63) is 53.1 Å². The molecule has 7 heteroatoms. The van der Waals surface area contributed by atoms with Crippen LogP contribution in [-0.4, -0.2) is 44.9 Å². The standard InChI is InChI=1S/C19H22N6O/c1-23-11-14-5-4-13(8-15(14)12-23)10-24(2)19(26)20-16-6-7-18-17(9-16)21-22-25(18)3/h4-9H,10-12H2,1-3H3,(H,20,26). The van der Waals surface area contributed by atoms with Crippen LogP contribution in [0.15, 0.2) is 36.4 Å². The van der Waals surface area contributed by atoms with Crippen molar-refractivity contribution in [3.8, 4) is 0 Å². The predicted octanol–water partition coefficient (Wildman–Crippen LogP) is 2.58. The number of urea groups is 1. The quantitative estimate of drug-likeness (QED) is 0.788. The molecule has 1 N–H and O–H groups in total. The van der Waals surface area contributed by atoms with Gasteiger partial charge in [-0.25, -0.2) is 9.48 Å². The molecule has 0 radical (unpaired) electrons. The summed E-state index contributed by atoms with van der Waals surface area (Å²) in [6.07, 6.45) is 0. The van der Waals surface area contributed by atoms with Crippen LogP contribution in [0.4, 0.5) is 10.5 Å². The highest BCUT2D eigenvalue weighted by molar-refractivity contribution is 5.91. The van der Waals surface area contributed by atoms with Gasteiger partial charge in [0.15, 0.2) is 0 Å². The Kier molecular flexibility index (Phi) is 4.08. The van der Waals surface area contributed by atoms with Crippen molar-refractivity contribution in [2.24, 2.45) is 7.05 Å². The molecular formula is C19H22N6O. The monoisotopic (exact) mass is 350 g/mol. The number of nitrogens with zero attached hydrogens (tertiary/aromatic N) is 5. The average Bonchev–Trinajstić information content (AvgIpc) is 3.16. The van der Waals surface area contributed by atoms with Gasteiger partial charge in [-0.1, -0.05) is 23.4 Å². The maximum absolute atomic E-state index is 12.5. The van der Waals surface area contributed by atoms with Crippen LogP contribution in [0.2, 0.25) is 0 Å². The Morgan fingerprint density at radius 2 is 1.96 bits per heavy atom. The highest BCUT2D eigenvalue weighted by Crippen LogP contribution is 2.23. The Hall–Kier alpha value is -2.93. The van der Waals surface area contributed by atoms with E-state index in [0.717, 1.165) is 29.7 Å². The second kappa shape index (κ2) is 6.42. The number of aromatic nitrogens is 3. The zero-order chi connectivity index (χ0) is 18.3. The number of carbonyl (C=O) groups is 1. The zero-order valence-electron chi connectivity index (χ0n) is 15.2. The summed E-state index contributed by atoms with van der Waals surface area (Å²) >= 11 is 0. The summed E-state index contributed by atoms with van der Waals surface area (Å²) in [4.78, 5) is 16.5. The molecule has 2 aromatic carbocycles. The number of anilines is 1. The van der Waals surface area contributed by atoms with E-state index in [1.54, 1.807) is 16.6 Å². The van der Waals surface area contributed by atoms with E-state index in [2.05, 4.69) is 45.8 Å². The molecule has 0 spiro atoms. The fraction of sp³-hybridized carbons (Fsp3) is 0.316. The molecule has 0 saturated heterocycles. The van der Waals surface area contributed by atoms with E-state index in [4.69, 9.17) is 0 Å². The molecule has 0 bridgehead atoms. The lowest BCUT2D eigenvalue weighted by Crippen LogP contribution is -2.30. The first-order valence-electron chi connectivity index (χ1n) is 8.60. The van der Waals surface area contributed by atoms with Gasteiger partial charge >= 0.3 is 6.03 Å². The molecular weight excluding hydrogens is 328 g/mol. The van der Waals surface area contributed by atoms with Gasteiger partial charge in [0.05, 0.1) is 5.52 Å². The minimum atomic E-state index is -0.147. The van der Waals surface area contributed by atoms with Crippen molar-refractivity contribution in [2.75, 3.05) is 19.4 Å². The first-order chi connectivity index (χ1) is 12.5. The van der Waals surface area contributed by atoms with Crippen LogP contribution in [0.5, 0.6) is 0 Å². The van der Waals surface area contributed by atoms with Gasteiger partial charge in [0.1, 0.15) is 5.52 Å². The van der Waals surface area contributed by atoms with Crippen LogP contribution in [0.1, 0.15) is 16.7 Å². The molecule has 26 heavy (non-hydrogen) atoms. The molecule has 2 heterocycles. The molecule has 4 rings (SSSR count). The van der Waals surface area contributed by atoms with Gasteiger partial charge in [-0.3, -0.25) is 4.90 Å². The number of nitrogens with one attached hydrogen (secondary N) is 1. The molecule has 7 nitrogen and oxygen atoms in total. The summed E-state index contributed by atoms with van der Waals surface area (Å²) in [5.74, 6) is 0. The number of benzene rings is 2. The maximum atomic E-state index is 12.5. The van der Waals surface area contributed by atoms with Crippen LogP contribution in [0.25, 0.3) is 11.0 Å². The lowest BCUT2D eigenvalue weighted by molar-refractivity contribution is 0.220. The summed E-state index contributed by atoms with van der Waals surface area (Å²) in [5.41, 5.74) is 6.27. The van der Waals surface area contributed by atoms with Crippen LogP contribution in [0.3, 0.4) is 0 Å². The molecule has 0 saturated carbocycles. The lowest BCUT2D eigenvalue weighted by Gasteiger charge is -2.18. The molecule has 0 unspecified atom stereocenters. The summed E-state index contributed by atoms with van der Waals surface area (Å²) in [7, 11) is 5.76. The Labute approximate surface area is 152 Å². The minimum Gasteiger partial charge on any atom is -0.323 e. The van der Waals surface area contributed by atoms with Crippen LogP contribution >= 0.6 is 0 Å². The van der Waals surface area contributed by atoms with Gasteiger partial charge in [0.25, 0.3) is 0 Å². The highest BCUT2D eigenvalue weighted by Gasteiger charge is 2.17. The van der Waals surface area contributed by atoms with Crippen molar-refractivity contribution in [1.82, 2.24) is 24.8 Å². The predicted molar refractivity (Wildman–Crippen MR) is 101 cm³/mol. The van der Waals surface area contributed by atoms with Crippen LogP contribution in [0, 0.1) is 0 Å². The van der Waals surface area contributed by atoms with Gasteiger partial charge in [-0.15, -0.1) is 5.10 Å². The summed E-state index contributed by atoms with van der Waals surface area (Å²) < 4.78 is 1.71. The molecule has 3 aromatic rings. The molecule has 2 amide bonds. The Balaban J connectivity index is 1.43. The van der Waals surface area contributed by atoms with Gasteiger partial charge in [-0.2, -0.15) is 0 Å². The van der Waals surface area contributed by atoms with Gasteiger partial charge < -0.3 is 10.2 Å². The van der Waals surface area contributed by atoms with Crippen molar-refractivity contribution in [2.45, 2.75) is 19.6 Å². The van der Waals surface area contributed by atoms with Crippen LogP contribution < -0.4 is 5.32 Å². The van der Waals surface area contributed by atoms with E-state index in [9.17, 15) is 4.79 Å². The maximum Gasteiger partial charge on any atom is 0.321 e. The Morgan fingerprint density at radius 3 is 2.81 bits per heavy atom. The van der Waals surface area contributed by atoms with Crippen molar-refractivity contribution < 1.29 is 4.79 Å². The van der Waals surface area contributed by atoms with Gasteiger partial charge in [0, 0.05) is 39.4 Å². The normalized spacial score (nSPS) is 13.8. The molecule has 1 aliphatic heterocycles. The second-order valence-electron chi connectivity index (χ2n) is 6.98. The van der Waals surface area contributed by atoms with E-state index >= 15 is 0 Å². The van der Waals surface area contributed by atoms with E-state index in [-0.39, 0.29) is 6.03 Å². The number of aryl methyl sites for hydroxylation is 1. The van der Waals surface area contributed by atoms with Crippen molar-refractivity contribution in [1.29, 1.82) is 0 Å². The number of carbonyl (C=O) groups excluding carboxylic acids is 1. The molecule has 1 aromatic heterocycles. The van der Waals surface area contributed by atoms with Crippen LogP contribution in [-0.2, 0) is 26.7 Å². The van der Waals surface area contributed by atoms with Gasteiger partial charge in [-0.05, 0) is 41.9 Å². The topological polar surface area (TPSA) is 66.3 Å². The SMILES string of the molecule is CN1Cc2ccc(CN(C)C(=O)Nc3ccc4c(c3)nnn4C)cc2C1. The second-order valence-corrected chi connectivity index (χ2v) is 6.98. The first-order valence-corrected chi connectivity index (χ1v) is 8.60. The molecule has 1 aliphatic rings. The summed E-state index contributed by atoms with van der Waals surface area (Å²) in [5, 5.41) is 11.0. The number of fused-ring (bicyclic) bond motifs is 2. The number of rotatable bonds is 3. The summed E-state index contributed by atoms with van der Waals surface area (Å²) in [6.45, 7) is 2.53. The third-order valence-corrected chi connectivity index (χ3v) is 4.78. The van der Waals surface area contributed by atoms with E-state index in [1.807, 2.05) is 25.2 Å². The van der Waals surface area contributed by atoms with Gasteiger partial charge in [0.2, 0.25) is 0 Å². The van der Waals surface area contributed by atoms with Crippen molar-refractivity contribution in [3.63, 3.8) is 0 Å². The molecule has 0 fully saturated rings. The number of hydrogen-bond donors (Lipinski definition) is 1. The molecule has 0 atom stereocenters. The Morgan fingerprint density at radius 1 is 1.15 bits per heavy atom. The number of amides is 2. The molecule has 0 aliphatic carbocycles. The smallest absolute Gasteiger partial charge is 0.321 e. The van der Waals surface area contributed by atoms with Crippen molar-refractivity contribution >= 4 is 22.8 Å². The third kappa shape index (κ3) is 3.13. The molecule has 134 valence electrons. The minimum absolute atomic E-state index is 0.147. The lowest BCUT2D eigenvalue weighted by atomic mass is 10.1.